The predicted octanol–water partition coefficient (Wildman–Crippen LogP) is 3.24. The molecule has 2 saturated carbocycles. The average molecular weight is 239 g/mol. The molecule has 18 heavy (non-hydrogen) atoms. The van der Waals surface area contributed by atoms with Crippen LogP contribution in [-0.2, 0) is 5.60 Å². The van der Waals surface area contributed by atoms with E-state index in [1.54, 1.807) is 0 Å². The van der Waals surface area contributed by atoms with Gasteiger partial charge in [0.25, 0.3) is 0 Å². The van der Waals surface area contributed by atoms with E-state index in [9.17, 15) is 5.11 Å². The van der Waals surface area contributed by atoms with E-state index in [2.05, 4.69) is 17.1 Å². The zero-order chi connectivity index (χ0) is 12.2. The van der Waals surface area contributed by atoms with Crippen molar-refractivity contribution in [3.63, 3.8) is 0 Å². The zero-order valence-electron chi connectivity index (χ0n) is 10.3. The van der Waals surface area contributed by atoms with Crippen molar-refractivity contribution < 1.29 is 5.11 Å². The smallest absolute Gasteiger partial charge is 0.0948 e. The van der Waals surface area contributed by atoms with Crippen molar-refractivity contribution in [3.8, 4) is 0 Å². The van der Waals surface area contributed by atoms with Crippen LogP contribution in [0.4, 0.5) is 0 Å². The Morgan fingerprint density at radius 2 is 2.06 bits per heavy atom. The van der Waals surface area contributed by atoms with Crippen molar-refractivity contribution in [2.75, 3.05) is 0 Å². The van der Waals surface area contributed by atoms with Crippen molar-refractivity contribution in [3.05, 3.63) is 42.2 Å². The summed E-state index contributed by atoms with van der Waals surface area (Å²) in [4.78, 5) is 4.33. The van der Waals surface area contributed by atoms with E-state index >= 15 is 0 Å². The highest BCUT2D eigenvalue weighted by Gasteiger charge is 2.51. The molecule has 2 fully saturated rings. The number of aromatic nitrogens is 1. The first-order chi connectivity index (χ1) is 8.77. The third-order valence-electron chi connectivity index (χ3n) is 4.95. The van der Waals surface area contributed by atoms with Crippen LogP contribution in [0.5, 0.6) is 0 Å². The van der Waals surface area contributed by atoms with Gasteiger partial charge in [-0.05, 0) is 42.9 Å². The summed E-state index contributed by atoms with van der Waals surface area (Å²) in [6.45, 7) is 0. The number of hydrogen-bond acceptors (Lipinski definition) is 2. The van der Waals surface area contributed by atoms with Gasteiger partial charge in [-0.1, -0.05) is 24.3 Å². The molecule has 0 aliphatic heterocycles. The van der Waals surface area contributed by atoms with Crippen molar-refractivity contribution in [2.24, 2.45) is 11.8 Å². The fraction of sp³-hybridized carbons (Fsp3) is 0.438. The van der Waals surface area contributed by atoms with Crippen molar-refractivity contribution >= 4 is 10.8 Å². The van der Waals surface area contributed by atoms with Gasteiger partial charge in [-0.25, -0.2) is 0 Å². The summed E-state index contributed by atoms with van der Waals surface area (Å²) in [6, 6.07) is 8.25. The lowest BCUT2D eigenvalue weighted by molar-refractivity contribution is -0.0171. The minimum Gasteiger partial charge on any atom is -0.385 e. The molecule has 2 bridgehead atoms. The molecule has 4 rings (SSSR count). The Hall–Kier alpha value is -1.41. The molecule has 2 aromatic rings. The van der Waals surface area contributed by atoms with E-state index < -0.39 is 5.60 Å². The maximum Gasteiger partial charge on any atom is 0.0948 e. The Morgan fingerprint density at radius 3 is 2.83 bits per heavy atom. The molecular weight excluding hydrogens is 222 g/mol. The Bertz CT molecular complexity index is 604. The van der Waals surface area contributed by atoms with E-state index in [-0.39, 0.29) is 0 Å². The lowest BCUT2D eigenvalue weighted by atomic mass is 9.78. The van der Waals surface area contributed by atoms with Gasteiger partial charge in [0.1, 0.15) is 0 Å². The lowest BCUT2D eigenvalue weighted by Crippen LogP contribution is -2.32. The van der Waals surface area contributed by atoms with E-state index in [4.69, 9.17) is 0 Å². The molecule has 1 aromatic carbocycles. The van der Waals surface area contributed by atoms with Crippen LogP contribution in [0.3, 0.4) is 0 Å². The van der Waals surface area contributed by atoms with Crippen LogP contribution in [0.25, 0.3) is 10.8 Å². The summed E-state index contributed by atoms with van der Waals surface area (Å²) >= 11 is 0. The van der Waals surface area contributed by atoms with Gasteiger partial charge in [-0.2, -0.15) is 0 Å². The number of nitrogens with zero attached hydrogens (tertiary/aromatic N) is 1. The zero-order valence-corrected chi connectivity index (χ0v) is 10.3. The van der Waals surface area contributed by atoms with Crippen LogP contribution in [0, 0.1) is 11.8 Å². The van der Waals surface area contributed by atoms with Crippen LogP contribution in [0.15, 0.2) is 36.7 Å². The molecule has 2 nitrogen and oxygen atoms in total. The number of pyridine rings is 1. The second kappa shape index (κ2) is 3.55. The first kappa shape index (κ1) is 10.5. The van der Waals surface area contributed by atoms with Crippen LogP contribution < -0.4 is 0 Å². The maximum absolute atomic E-state index is 11.1. The first-order valence-corrected chi connectivity index (χ1v) is 6.83. The second-order valence-corrected chi connectivity index (χ2v) is 5.91. The van der Waals surface area contributed by atoms with Gasteiger partial charge < -0.3 is 5.11 Å². The molecule has 92 valence electrons. The highest BCUT2D eigenvalue weighted by molar-refractivity contribution is 5.85. The molecule has 0 spiro atoms. The monoisotopic (exact) mass is 239 g/mol. The molecular formula is C16H17NO. The quantitative estimate of drug-likeness (QED) is 0.828. The first-order valence-electron chi connectivity index (χ1n) is 6.83. The van der Waals surface area contributed by atoms with Crippen molar-refractivity contribution in [2.45, 2.75) is 31.3 Å². The third kappa shape index (κ3) is 1.30. The standard InChI is InChI=1S/C16H17NO/c18-16(8-11-5-6-13(16)7-11)15-10-17-9-12-3-1-2-4-14(12)15/h1-4,9-11,13,18H,5-8H2. The van der Waals surface area contributed by atoms with Gasteiger partial charge >= 0.3 is 0 Å². The fourth-order valence-corrected chi connectivity index (χ4v) is 4.09. The van der Waals surface area contributed by atoms with Crippen LogP contribution >= 0.6 is 0 Å². The van der Waals surface area contributed by atoms with Crippen LogP contribution in [0.2, 0.25) is 0 Å². The molecule has 2 aliphatic carbocycles. The summed E-state index contributed by atoms with van der Waals surface area (Å²) in [5.41, 5.74) is 0.421. The summed E-state index contributed by atoms with van der Waals surface area (Å²) in [5, 5.41) is 13.4. The SMILES string of the molecule is OC1(c2cncc3ccccc23)CC2CCC1C2. The molecule has 2 heteroatoms. The number of aliphatic hydroxyl groups is 1. The summed E-state index contributed by atoms with van der Waals surface area (Å²) < 4.78 is 0. The molecule has 0 saturated heterocycles. The Balaban J connectivity index is 1.92. The van der Waals surface area contributed by atoms with Crippen molar-refractivity contribution in [1.82, 2.24) is 4.98 Å². The fourth-order valence-electron chi connectivity index (χ4n) is 4.09. The highest BCUT2D eigenvalue weighted by Crippen LogP contribution is 2.56. The molecule has 1 N–H and O–H groups in total. The molecule has 3 unspecified atom stereocenters. The second-order valence-electron chi connectivity index (χ2n) is 5.91. The number of fused-ring (bicyclic) bond motifs is 3. The predicted molar refractivity (Wildman–Crippen MR) is 71.1 cm³/mol. The van der Waals surface area contributed by atoms with Gasteiger partial charge in [-0.15, -0.1) is 0 Å². The largest absolute Gasteiger partial charge is 0.385 e. The number of hydrogen-bond donors (Lipinski definition) is 1. The molecule has 0 radical (unpaired) electrons. The highest BCUT2D eigenvalue weighted by atomic mass is 16.3. The number of benzene rings is 1. The molecule has 3 atom stereocenters. The molecule has 1 aromatic heterocycles. The maximum atomic E-state index is 11.1. The van der Waals surface area contributed by atoms with Gasteiger partial charge in [0.05, 0.1) is 5.60 Å². The minimum absolute atomic E-state index is 0.440. The number of rotatable bonds is 1. The summed E-state index contributed by atoms with van der Waals surface area (Å²) in [7, 11) is 0. The topological polar surface area (TPSA) is 33.1 Å². The van der Waals surface area contributed by atoms with E-state index in [1.807, 2.05) is 24.5 Å². The Morgan fingerprint density at radius 1 is 1.17 bits per heavy atom. The molecule has 2 aliphatic rings. The van der Waals surface area contributed by atoms with Crippen LogP contribution in [0.1, 0.15) is 31.2 Å². The molecule has 1 heterocycles. The Kier molecular flexibility index (Phi) is 2.07. The van der Waals surface area contributed by atoms with E-state index in [0.29, 0.717) is 5.92 Å². The third-order valence-corrected chi connectivity index (χ3v) is 4.95. The van der Waals surface area contributed by atoms with Crippen LogP contribution in [-0.4, -0.2) is 10.1 Å². The minimum atomic E-state index is -0.628. The average Bonchev–Trinajstić information content (AvgIpc) is 2.98. The van der Waals surface area contributed by atoms with Gasteiger partial charge in [-0.3, -0.25) is 4.98 Å². The van der Waals surface area contributed by atoms with Gasteiger partial charge in [0.2, 0.25) is 0 Å². The van der Waals surface area contributed by atoms with E-state index in [0.717, 1.165) is 23.3 Å². The lowest BCUT2D eigenvalue weighted by Gasteiger charge is -2.33. The van der Waals surface area contributed by atoms with Gasteiger partial charge in [0, 0.05) is 23.3 Å². The summed E-state index contributed by atoms with van der Waals surface area (Å²) in [6.07, 6.45) is 8.35. The summed E-state index contributed by atoms with van der Waals surface area (Å²) in [5.74, 6) is 1.16. The molecule has 0 amide bonds. The van der Waals surface area contributed by atoms with E-state index in [1.165, 1.54) is 24.6 Å². The van der Waals surface area contributed by atoms with Crippen molar-refractivity contribution in [1.29, 1.82) is 0 Å². The normalized spacial score (nSPS) is 34.3. The van der Waals surface area contributed by atoms with Gasteiger partial charge in [0.15, 0.2) is 0 Å². The Labute approximate surface area is 107 Å².